The molecule has 0 amide bonds. The van der Waals surface area contributed by atoms with E-state index >= 15 is 0 Å². The normalized spacial score (nSPS) is 11.0. The molecular weight excluding hydrogens is 442 g/mol. The molecule has 34 heavy (non-hydrogen) atoms. The van der Waals surface area contributed by atoms with Crippen LogP contribution in [-0.2, 0) is 16.1 Å². The summed E-state index contributed by atoms with van der Waals surface area (Å²) >= 11 is 1.37. The van der Waals surface area contributed by atoms with Crippen LogP contribution in [0.3, 0.4) is 0 Å². The first-order valence-corrected chi connectivity index (χ1v) is 12.0. The largest absolute Gasteiger partial charge is 0.460 e. The van der Waals surface area contributed by atoms with Crippen molar-refractivity contribution < 1.29 is 9.53 Å². The van der Waals surface area contributed by atoms with Crippen molar-refractivity contribution in [3.8, 4) is 16.8 Å². The fourth-order valence-corrected chi connectivity index (χ4v) is 4.67. The van der Waals surface area contributed by atoms with Crippen molar-refractivity contribution in [2.24, 2.45) is 0 Å². The van der Waals surface area contributed by atoms with Gasteiger partial charge in [-0.25, -0.2) is 9.97 Å². The van der Waals surface area contributed by atoms with Crippen LogP contribution < -0.4 is 0 Å². The summed E-state index contributed by atoms with van der Waals surface area (Å²) < 4.78 is 7.54. The van der Waals surface area contributed by atoms with Crippen LogP contribution in [0, 0.1) is 6.92 Å². The molecule has 0 saturated carbocycles. The number of thioether (sulfide) groups is 1. The summed E-state index contributed by atoms with van der Waals surface area (Å²) in [5.41, 5.74) is 6.07. The van der Waals surface area contributed by atoms with Gasteiger partial charge in [-0.1, -0.05) is 84.6 Å². The summed E-state index contributed by atoms with van der Waals surface area (Å²) in [6.45, 7) is 2.34. The molecule has 0 N–H and O–H groups in total. The summed E-state index contributed by atoms with van der Waals surface area (Å²) in [5, 5.41) is 1.68. The highest BCUT2D eigenvalue weighted by molar-refractivity contribution is 8.00. The molecule has 0 aliphatic heterocycles. The van der Waals surface area contributed by atoms with E-state index in [0.29, 0.717) is 0 Å². The Hall–Kier alpha value is -3.90. The molecular formula is C28H23N3O2S. The Bertz CT molecular complexity index is 1430. The highest BCUT2D eigenvalue weighted by Gasteiger charge is 2.18. The van der Waals surface area contributed by atoms with E-state index in [1.165, 1.54) is 17.3 Å². The number of rotatable bonds is 7. The average molecular weight is 466 g/mol. The van der Waals surface area contributed by atoms with Gasteiger partial charge in [0, 0.05) is 17.4 Å². The van der Waals surface area contributed by atoms with Crippen LogP contribution in [0.15, 0.2) is 102 Å². The molecule has 0 aliphatic carbocycles. The Labute approximate surface area is 202 Å². The number of carbonyl (C=O) groups is 1. The number of esters is 1. The Balaban J connectivity index is 1.48. The quantitative estimate of drug-likeness (QED) is 0.162. The maximum absolute atomic E-state index is 12.5. The maximum Gasteiger partial charge on any atom is 0.316 e. The molecule has 3 aromatic carbocycles. The van der Waals surface area contributed by atoms with Gasteiger partial charge in [-0.2, -0.15) is 0 Å². The monoisotopic (exact) mass is 465 g/mol. The van der Waals surface area contributed by atoms with E-state index in [2.05, 4.69) is 58.0 Å². The maximum atomic E-state index is 12.5. The first kappa shape index (κ1) is 21.9. The van der Waals surface area contributed by atoms with Crippen molar-refractivity contribution in [2.45, 2.75) is 18.6 Å². The smallest absolute Gasteiger partial charge is 0.316 e. The van der Waals surface area contributed by atoms with Gasteiger partial charge in [-0.15, -0.1) is 0 Å². The lowest BCUT2D eigenvalue weighted by molar-refractivity contribution is -0.141. The summed E-state index contributed by atoms with van der Waals surface area (Å²) in [7, 11) is 0. The summed E-state index contributed by atoms with van der Waals surface area (Å²) in [4.78, 5) is 21.6. The van der Waals surface area contributed by atoms with Crippen LogP contribution in [0.25, 0.3) is 27.8 Å². The number of hydrogen-bond donors (Lipinski definition) is 0. The summed E-state index contributed by atoms with van der Waals surface area (Å²) in [6, 6.07) is 28.2. The molecule has 0 saturated heterocycles. The number of aromatic nitrogens is 3. The Morgan fingerprint density at radius 1 is 0.941 bits per heavy atom. The van der Waals surface area contributed by atoms with Gasteiger partial charge in [-0.05, 0) is 35.7 Å². The molecule has 0 radical (unpaired) electrons. The van der Waals surface area contributed by atoms with Crippen molar-refractivity contribution in [3.05, 3.63) is 109 Å². The van der Waals surface area contributed by atoms with E-state index in [-0.39, 0.29) is 18.3 Å². The highest BCUT2D eigenvalue weighted by atomic mass is 32.2. The van der Waals surface area contributed by atoms with Crippen LogP contribution in [0.4, 0.5) is 0 Å². The second kappa shape index (κ2) is 9.93. The number of aryl methyl sites for hydroxylation is 1. The molecule has 0 bridgehead atoms. The molecule has 0 atom stereocenters. The lowest BCUT2D eigenvalue weighted by Crippen LogP contribution is -2.07. The predicted molar refractivity (Wildman–Crippen MR) is 136 cm³/mol. The third-order valence-electron chi connectivity index (χ3n) is 5.48. The van der Waals surface area contributed by atoms with Crippen molar-refractivity contribution in [1.82, 2.24) is 14.5 Å². The average Bonchev–Trinajstić information content (AvgIpc) is 3.28. The second-order valence-electron chi connectivity index (χ2n) is 7.93. The van der Waals surface area contributed by atoms with Gasteiger partial charge in [-0.3, -0.25) is 4.79 Å². The van der Waals surface area contributed by atoms with Gasteiger partial charge >= 0.3 is 5.97 Å². The first-order valence-electron chi connectivity index (χ1n) is 11.0. The zero-order valence-corrected chi connectivity index (χ0v) is 19.5. The minimum atomic E-state index is -0.278. The second-order valence-corrected chi connectivity index (χ2v) is 8.89. The van der Waals surface area contributed by atoms with Crippen molar-refractivity contribution in [1.29, 1.82) is 0 Å². The zero-order chi connectivity index (χ0) is 23.3. The first-order chi connectivity index (χ1) is 16.7. The summed E-state index contributed by atoms with van der Waals surface area (Å²) in [6.07, 6.45) is 3.66. The zero-order valence-electron chi connectivity index (χ0n) is 18.7. The Morgan fingerprint density at radius 2 is 1.71 bits per heavy atom. The fraction of sp³-hybridized carbons (Fsp3) is 0.107. The summed E-state index contributed by atoms with van der Waals surface area (Å²) in [5.74, 6) is -0.108. The lowest BCUT2D eigenvalue weighted by Gasteiger charge is -2.07. The van der Waals surface area contributed by atoms with Crippen LogP contribution in [0.2, 0.25) is 0 Å². The number of carbonyl (C=O) groups excluding carboxylic acids is 1. The molecule has 5 rings (SSSR count). The standard InChI is InChI=1S/C28H23N3O2S/c1-20-9-8-14-23(15-20)31-16-24(22-12-6-3-7-13-22)26-27(31)29-19-30-28(26)34-18-25(32)33-17-21-10-4-2-5-11-21/h2-16,19H,17-18H2,1H3. The van der Waals surface area contributed by atoms with Gasteiger partial charge in [0.1, 0.15) is 23.6 Å². The van der Waals surface area contributed by atoms with Crippen LogP contribution in [0.5, 0.6) is 0 Å². The number of benzene rings is 3. The molecule has 6 heteroatoms. The van der Waals surface area contributed by atoms with Gasteiger partial charge < -0.3 is 9.30 Å². The van der Waals surface area contributed by atoms with Crippen molar-refractivity contribution in [3.63, 3.8) is 0 Å². The Kier molecular flexibility index (Phi) is 6.40. The van der Waals surface area contributed by atoms with E-state index in [1.807, 2.05) is 54.6 Å². The SMILES string of the molecule is Cc1cccc(-n2cc(-c3ccccc3)c3c(SCC(=O)OCc4ccccc4)ncnc32)c1. The van der Waals surface area contributed by atoms with Crippen molar-refractivity contribution >= 4 is 28.8 Å². The van der Waals surface area contributed by atoms with Crippen LogP contribution in [-0.4, -0.2) is 26.3 Å². The molecule has 5 nitrogen and oxygen atoms in total. The van der Waals surface area contributed by atoms with Crippen LogP contribution in [0.1, 0.15) is 11.1 Å². The van der Waals surface area contributed by atoms with Gasteiger partial charge in [0.05, 0.1) is 11.1 Å². The number of hydrogen-bond acceptors (Lipinski definition) is 5. The van der Waals surface area contributed by atoms with E-state index in [4.69, 9.17) is 4.74 Å². The van der Waals surface area contributed by atoms with Gasteiger partial charge in [0.15, 0.2) is 0 Å². The number of fused-ring (bicyclic) bond motifs is 1. The molecule has 2 aromatic heterocycles. The molecule has 0 fully saturated rings. The minimum Gasteiger partial charge on any atom is -0.460 e. The molecule has 0 unspecified atom stereocenters. The third-order valence-corrected chi connectivity index (χ3v) is 6.45. The highest BCUT2D eigenvalue weighted by Crippen LogP contribution is 2.36. The minimum absolute atomic E-state index is 0.169. The molecule has 5 aromatic rings. The van der Waals surface area contributed by atoms with Gasteiger partial charge in [0.25, 0.3) is 0 Å². The van der Waals surface area contributed by atoms with E-state index in [9.17, 15) is 4.79 Å². The molecule has 0 aliphatic rings. The third kappa shape index (κ3) is 4.72. The molecule has 2 heterocycles. The van der Waals surface area contributed by atoms with E-state index < -0.39 is 0 Å². The fourth-order valence-electron chi connectivity index (χ4n) is 3.86. The number of ether oxygens (including phenoxy) is 1. The van der Waals surface area contributed by atoms with Crippen molar-refractivity contribution in [2.75, 3.05) is 5.75 Å². The van der Waals surface area contributed by atoms with E-state index in [0.717, 1.165) is 38.4 Å². The van der Waals surface area contributed by atoms with Gasteiger partial charge in [0.2, 0.25) is 0 Å². The molecule has 168 valence electrons. The lowest BCUT2D eigenvalue weighted by atomic mass is 10.1. The Morgan fingerprint density at radius 3 is 2.47 bits per heavy atom. The van der Waals surface area contributed by atoms with Crippen LogP contribution >= 0.6 is 11.8 Å². The number of nitrogens with zero attached hydrogens (tertiary/aromatic N) is 3. The predicted octanol–water partition coefficient (Wildman–Crippen LogP) is 6.23. The van der Waals surface area contributed by atoms with E-state index in [1.54, 1.807) is 6.33 Å². The topological polar surface area (TPSA) is 57.0 Å². The molecule has 0 spiro atoms.